The number of guanidine groups is 1. The highest BCUT2D eigenvalue weighted by Gasteiger charge is 2.22. The summed E-state index contributed by atoms with van der Waals surface area (Å²) in [6, 6.07) is 4.21. The Kier molecular flexibility index (Phi) is 6.83. The Hall–Kier alpha value is -1.95. The topological polar surface area (TPSA) is 49.3 Å². The summed E-state index contributed by atoms with van der Waals surface area (Å²) >= 11 is 0. The molecule has 150 valence electrons. The van der Waals surface area contributed by atoms with E-state index in [1.807, 2.05) is 7.05 Å². The number of benzene rings is 1. The number of nitrogens with one attached hydrogen (secondary N) is 1. The predicted octanol–water partition coefficient (Wildman–Crippen LogP) is 2.37. The number of nitrogens with zero attached hydrogens (tertiary/aromatic N) is 3. The SMILES string of the molecule is CN=C(NCCN1CCC(C)CC1)N1CCc2cc(OC)c(OC)cc2C1. The lowest BCUT2D eigenvalue weighted by Crippen LogP contribution is -2.46. The average molecular weight is 375 g/mol. The van der Waals surface area contributed by atoms with Crippen LogP contribution in [-0.2, 0) is 13.0 Å². The molecule has 3 rings (SSSR count). The number of hydrogen-bond donors (Lipinski definition) is 1. The van der Waals surface area contributed by atoms with Crippen molar-refractivity contribution in [3.05, 3.63) is 23.3 Å². The molecule has 0 spiro atoms. The molecule has 0 radical (unpaired) electrons. The Labute approximate surface area is 163 Å². The first-order chi connectivity index (χ1) is 13.1. The van der Waals surface area contributed by atoms with Gasteiger partial charge < -0.3 is 24.6 Å². The van der Waals surface area contributed by atoms with Gasteiger partial charge in [0.15, 0.2) is 17.5 Å². The van der Waals surface area contributed by atoms with Gasteiger partial charge >= 0.3 is 0 Å². The monoisotopic (exact) mass is 374 g/mol. The molecule has 1 N–H and O–H groups in total. The maximum absolute atomic E-state index is 5.47. The van der Waals surface area contributed by atoms with E-state index < -0.39 is 0 Å². The molecule has 0 unspecified atom stereocenters. The summed E-state index contributed by atoms with van der Waals surface area (Å²) in [6.07, 6.45) is 3.63. The third-order valence-electron chi connectivity index (χ3n) is 5.82. The fourth-order valence-electron chi connectivity index (χ4n) is 4.01. The third kappa shape index (κ3) is 4.86. The van der Waals surface area contributed by atoms with Crippen molar-refractivity contribution < 1.29 is 9.47 Å². The molecule has 1 aromatic carbocycles. The van der Waals surface area contributed by atoms with Crippen LogP contribution in [0.3, 0.4) is 0 Å². The molecule has 1 fully saturated rings. The fourth-order valence-corrected chi connectivity index (χ4v) is 4.01. The normalized spacial score (nSPS) is 19.0. The minimum Gasteiger partial charge on any atom is -0.493 e. The largest absolute Gasteiger partial charge is 0.493 e. The molecule has 0 bridgehead atoms. The molecule has 0 aliphatic carbocycles. The van der Waals surface area contributed by atoms with Crippen LogP contribution in [0.15, 0.2) is 17.1 Å². The highest BCUT2D eigenvalue weighted by molar-refractivity contribution is 5.80. The van der Waals surface area contributed by atoms with Gasteiger partial charge in [0.25, 0.3) is 0 Å². The van der Waals surface area contributed by atoms with E-state index in [1.54, 1.807) is 14.2 Å². The van der Waals surface area contributed by atoms with E-state index in [0.717, 1.165) is 56.0 Å². The predicted molar refractivity (Wildman–Crippen MR) is 110 cm³/mol. The van der Waals surface area contributed by atoms with Crippen molar-refractivity contribution in [3.8, 4) is 11.5 Å². The van der Waals surface area contributed by atoms with E-state index in [2.05, 4.69) is 39.2 Å². The van der Waals surface area contributed by atoms with E-state index in [4.69, 9.17) is 9.47 Å². The molecule has 0 atom stereocenters. The Bertz CT molecular complexity index is 654. The number of fused-ring (bicyclic) bond motifs is 1. The van der Waals surface area contributed by atoms with E-state index in [9.17, 15) is 0 Å². The van der Waals surface area contributed by atoms with Gasteiger partial charge in [-0.25, -0.2) is 0 Å². The Morgan fingerprint density at radius 3 is 2.41 bits per heavy atom. The summed E-state index contributed by atoms with van der Waals surface area (Å²) in [5, 5.41) is 3.56. The molecule has 1 aromatic rings. The minimum atomic E-state index is 0.792. The molecular weight excluding hydrogens is 340 g/mol. The van der Waals surface area contributed by atoms with Crippen LogP contribution < -0.4 is 14.8 Å². The van der Waals surface area contributed by atoms with Crippen LogP contribution in [0.5, 0.6) is 11.5 Å². The second-order valence-corrected chi connectivity index (χ2v) is 7.65. The number of rotatable bonds is 5. The minimum absolute atomic E-state index is 0.792. The number of aliphatic imine (C=N–C) groups is 1. The van der Waals surface area contributed by atoms with Crippen molar-refractivity contribution in [1.29, 1.82) is 0 Å². The van der Waals surface area contributed by atoms with Gasteiger partial charge in [-0.2, -0.15) is 0 Å². The van der Waals surface area contributed by atoms with Crippen LogP contribution in [0, 0.1) is 5.92 Å². The van der Waals surface area contributed by atoms with Crippen molar-refractivity contribution >= 4 is 5.96 Å². The van der Waals surface area contributed by atoms with Gasteiger partial charge in [0, 0.05) is 33.2 Å². The summed E-state index contributed by atoms with van der Waals surface area (Å²) < 4.78 is 10.9. The lowest BCUT2D eigenvalue weighted by Gasteiger charge is -2.33. The maximum atomic E-state index is 5.47. The van der Waals surface area contributed by atoms with Gasteiger partial charge in [-0.1, -0.05) is 6.92 Å². The molecule has 1 saturated heterocycles. The molecule has 0 saturated carbocycles. The molecule has 6 nitrogen and oxygen atoms in total. The quantitative estimate of drug-likeness (QED) is 0.633. The third-order valence-corrected chi connectivity index (χ3v) is 5.82. The maximum Gasteiger partial charge on any atom is 0.194 e. The van der Waals surface area contributed by atoms with Crippen molar-refractivity contribution in [2.45, 2.75) is 32.7 Å². The second-order valence-electron chi connectivity index (χ2n) is 7.65. The fraction of sp³-hybridized carbons (Fsp3) is 0.667. The van der Waals surface area contributed by atoms with Crippen LogP contribution >= 0.6 is 0 Å². The number of hydrogen-bond acceptors (Lipinski definition) is 4. The Balaban J connectivity index is 1.56. The molecule has 0 amide bonds. The standard InChI is InChI=1S/C21H34N4O2/c1-16-5-9-24(10-6-16)12-8-23-21(22-2)25-11-7-17-13-19(26-3)20(27-4)14-18(17)15-25/h13-14,16H,5-12,15H2,1-4H3,(H,22,23). The second kappa shape index (κ2) is 9.31. The lowest BCUT2D eigenvalue weighted by atomic mass is 9.99. The highest BCUT2D eigenvalue weighted by atomic mass is 16.5. The molecule has 27 heavy (non-hydrogen) atoms. The molecule has 2 heterocycles. The van der Waals surface area contributed by atoms with E-state index in [0.29, 0.717) is 0 Å². The van der Waals surface area contributed by atoms with Crippen molar-refractivity contribution in [2.75, 3.05) is 54.0 Å². The van der Waals surface area contributed by atoms with E-state index in [1.165, 1.54) is 37.1 Å². The summed E-state index contributed by atoms with van der Waals surface area (Å²) in [4.78, 5) is 9.40. The van der Waals surface area contributed by atoms with Gasteiger partial charge in [-0.15, -0.1) is 0 Å². The number of piperidine rings is 1. The zero-order chi connectivity index (χ0) is 19.2. The van der Waals surface area contributed by atoms with E-state index >= 15 is 0 Å². The van der Waals surface area contributed by atoms with Crippen molar-refractivity contribution in [1.82, 2.24) is 15.1 Å². The Morgan fingerprint density at radius 1 is 1.11 bits per heavy atom. The van der Waals surface area contributed by atoms with Crippen LogP contribution in [0.4, 0.5) is 0 Å². The summed E-state index contributed by atoms with van der Waals surface area (Å²) in [6.45, 7) is 8.63. The average Bonchev–Trinajstić information content (AvgIpc) is 2.71. The molecular formula is C21H34N4O2. The first kappa shape index (κ1) is 19.8. The summed E-state index contributed by atoms with van der Waals surface area (Å²) in [5.74, 6) is 3.47. The number of ether oxygens (including phenoxy) is 2. The van der Waals surface area contributed by atoms with Crippen LogP contribution in [0.25, 0.3) is 0 Å². The lowest BCUT2D eigenvalue weighted by molar-refractivity contribution is 0.194. The highest BCUT2D eigenvalue weighted by Crippen LogP contribution is 2.33. The first-order valence-electron chi connectivity index (χ1n) is 10.1. The van der Waals surface area contributed by atoms with Crippen molar-refractivity contribution in [3.63, 3.8) is 0 Å². The molecule has 0 aromatic heterocycles. The summed E-state index contributed by atoms with van der Waals surface area (Å²) in [7, 11) is 5.25. The van der Waals surface area contributed by atoms with Gasteiger partial charge in [0.1, 0.15) is 0 Å². The van der Waals surface area contributed by atoms with Gasteiger partial charge in [-0.05, 0) is 61.5 Å². The molecule has 2 aliphatic heterocycles. The van der Waals surface area contributed by atoms with E-state index in [-0.39, 0.29) is 0 Å². The zero-order valence-corrected chi connectivity index (χ0v) is 17.3. The number of likely N-dealkylation sites (tertiary alicyclic amines) is 1. The van der Waals surface area contributed by atoms with Crippen LogP contribution in [-0.4, -0.2) is 69.8 Å². The van der Waals surface area contributed by atoms with Crippen LogP contribution in [0.1, 0.15) is 30.9 Å². The van der Waals surface area contributed by atoms with Gasteiger partial charge in [0.05, 0.1) is 14.2 Å². The molecule has 2 aliphatic rings. The van der Waals surface area contributed by atoms with Gasteiger partial charge in [-0.3, -0.25) is 4.99 Å². The summed E-state index contributed by atoms with van der Waals surface area (Å²) in [5.41, 5.74) is 2.62. The molecule has 6 heteroatoms. The number of methoxy groups -OCH3 is 2. The first-order valence-corrected chi connectivity index (χ1v) is 10.1. The van der Waals surface area contributed by atoms with Crippen molar-refractivity contribution in [2.24, 2.45) is 10.9 Å². The Morgan fingerprint density at radius 2 is 1.78 bits per heavy atom. The zero-order valence-electron chi connectivity index (χ0n) is 17.3. The van der Waals surface area contributed by atoms with Crippen LogP contribution in [0.2, 0.25) is 0 Å². The smallest absolute Gasteiger partial charge is 0.194 e. The van der Waals surface area contributed by atoms with Gasteiger partial charge in [0.2, 0.25) is 0 Å².